The number of hydrogen-bond donors (Lipinski definition) is 1. The van der Waals surface area contributed by atoms with Gasteiger partial charge in [0.1, 0.15) is 5.92 Å². The number of thiazole rings is 1. The number of fused-ring (bicyclic) bond motifs is 1. The summed E-state index contributed by atoms with van der Waals surface area (Å²) >= 11 is 6.26. The molecule has 0 unspecified atom stereocenters. The van der Waals surface area contributed by atoms with Gasteiger partial charge in [0.15, 0.2) is 21.4 Å². The SMILES string of the molecule is CCOc1ccc([C@H]2C(C(=O)OC)=CN=c3s/c(=C\[C@@H]4C(=O)NC(=S)N(c5ccccc5)C4=O)c(=O)n32)cc1OCC. The number of carbonyl (C=O) groups excluding carboxylic acids is 3. The lowest BCUT2D eigenvalue weighted by Gasteiger charge is -2.31. The van der Waals surface area contributed by atoms with Crippen LogP contribution >= 0.6 is 23.6 Å². The molecule has 13 heteroatoms. The van der Waals surface area contributed by atoms with Gasteiger partial charge in [0.25, 0.3) is 5.56 Å². The molecule has 11 nitrogen and oxygen atoms in total. The first-order chi connectivity index (χ1) is 20.3. The number of methoxy groups -OCH3 is 1. The maximum absolute atomic E-state index is 13.9. The molecular formula is C29H26N4O7S2. The number of nitrogens with zero attached hydrogens (tertiary/aromatic N) is 3. The van der Waals surface area contributed by atoms with Crippen molar-refractivity contribution in [3.05, 3.63) is 85.6 Å². The average Bonchev–Trinajstić information content (AvgIpc) is 3.30. The molecule has 1 aromatic heterocycles. The summed E-state index contributed by atoms with van der Waals surface area (Å²) in [6, 6.07) is 12.9. The van der Waals surface area contributed by atoms with Crippen LogP contribution in [0.4, 0.5) is 5.69 Å². The first-order valence-electron chi connectivity index (χ1n) is 13.0. The highest BCUT2D eigenvalue weighted by molar-refractivity contribution is 7.80. The number of para-hydroxylation sites is 1. The molecule has 2 aliphatic heterocycles. The number of rotatable bonds is 8. The summed E-state index contributed by atoms with van der Waals surface area (Å²) in [5.74, 6) is -2.28. The molecule has 2 aliphatic rings. The molecule has 0 spiro atoms. The van der Waals surface area contributed by atoms with E-state index in [9.17, 15) is 19.2 Å². The Morgan fingerprint density at radius 2 is 1.79 bits per heavy atom. The van der Waals surface area contributed by atoms with Crippen molar-refractivity contribution in [2.75, 3.05) is 25.2 Å². The summed E-state index contributed by atoms with van der Waals surface area (Å²) < 4.78 is 17.9. The molecule has 3 heterocycles. The highest BCUT2D eigenvalue weighted by atomic mass is 32.1. The van der Waals surface area contributed by atoms with E-state index >= 15 is 0 Å². The second-order valence-corrected chi connectivity index (χ2v) is 10.4. The fourth-order valence-corrected chi connectivity index (χ4v) is 5.99. The number of ether oxygens (including phenoxy) is 3. The molecule has 42 heavy (non-hydrogen) atoms. The Kier molecular flexibility index (Phi) is 8.31. The molecule has 0 radical (unpaired) electrons. The van der Waals surface area contributed by atoms with E-state index in [0.29, 0.717) is 36.0 Å². The van der Waals surface area contributed by atoms with Gasteiger partial charge in [-0.3, -0.25) is 23.9 Å². The smallest absolute Gasteiger partial charge is 0.337 e. The summed E-state index contributed by atoms with van der Waals surface area (Å²) in [4.78, 5) is 58.9. The van der Waals surface area contributed by atoms with Crippen LogP contribution in [0.2, 0.25) is 0 Å². The zero-order chi connectivity index (χ0) is 30.0. The largest absolute Gasteiger partial charge is 0.490 e. The fraction of sp³-hybridized carbons (Fsp3) is 0.241. The van der Waals surface area contributed by atoms with Gasteiger partial charge in [0.05, 0.1) is 42.2 Å². The highest BCUT2D eigenvalue weighted by Gasteiger charge is 2.39. The van der Waals surface area contributed by atoms with E-state index in [0.717, 1.165) is 11.3 Å². The van der Waals surface area contributed by atoms with E-state index in [1.54, 1.807) is 48.5 Å². The van der Waals surface area contributed by atoms with Crippen molar-refractivity contribution in [3.8, 4) is 11.5 Å². The Labute approximate surface area is 249 Å². The number of nitrogens with one attached hydrogen (secondary N) is 1. The molecule has 1 saturated heterocycles. The molecule has 1 N–H and O–H groups in total. The van der Waals surface area contributed by atoms with E-state index < -0.39 is 35.3 Å². The van der Waals surface area contributed by atoms with Crippen LogP contribution in [-0.2, 0) is 19.1 Å². The monoisotopic (exact) mass is 606 g/mol. The second-order valence-electron chi connectivity index (χ2n) is 9.05. The highest BCUT2D eigenvalue weighted by Crippen LogP contribution is 2.35. The first kappa shape index (κ1) is 28.9. The summed E-state index contributed by atoms with van der Waals surface area (Å²) in [5, 5.41) is 2.50. The van der Waals surface area contributed by atoms with Crippen LogP contribution in [0, 0.1) is 5.92 Å². The van der Waals surface area contributed by atoms with Crippen molar-refractivity contribution in [2.24, 2.45) is 10.9 Å². The Morgan fingerprint density at radius 3 is 2.48 bits per heavy atom. The van der Waals surface area contributed by atoms with E-state index in [-0.39, 0.29) is 20.0 Å². The molecule has 0 aliphatic carbocycles. The molecule has 216 valence electrons. The number of thiocarbonyl (C=S) groups is 1. The molecule has 1 fully saturated rings. The van der Waals surface area contributed by atoms with Crippen molar-refractivity contribution >= 4 is 58.2 Å². The molecule has 5 rings (SSSR count). The lowest BCUT2D eigenvalue weighted by Crippen LogP contribution is -2.58. The van der Waals surface area contributed by atoms with E-state index in [1.807, 2.05) is 13.8 Å². The molecule has 0 bridgehead atoms. The second kappa shape index (κ2) is 12.1. The summed E-state index contributed by atoms with van der Waals surface area (Å²) in [6.07, 6.45) is 2.66. The number of benzene rings is 2. The average molecular weight is 607 g/mol. The lowest BCUT2D eigenvalue weighted by atomic mass is 9.97. The van der Waals surface area contributed by atoms with Crippen LogP contribution in [0.1, 0.15) is 25.5 Å². The lowest BCUT2D eigenvalue weighted by molar-refractivity contribution is -0.136. The van der Waals surface area contributed by atoms with Gasteiger partial charge in [-0.2, -0.15) is 0 Å². The van der Waals surface area contributed by atoms with E-state index in [4.69, 9.17) is 26.4 Å². The molecule has 3 aromatic rings. The third-order valence-electron chi connectivity index (χ3n) is 6.54. The maximum Gasteiger partial charge on any atom is 0.337 e. The van der Waals surface area contributed by atoms with Gasteiger partial charge in [-0.25, -0.2) is 9.79 Å². The zero-order valence-corrected chi connectivity index (χ0v) is 24.5. The minimum atomic E-state index is -1.33. The third-order valence-corrected chi connectivity index (χ3v) is 7.84. The minimum Gasteiger partial charge on any atom is -0.490 e. The van der Waals surface area contributed by atoms with E-state index in [2.05, 4.69) is 10.3 Å². The van der Waals surface area contributed by atoms with Gasteiger partial charge in [-0.1, -0.05) is 35.6 Å². The zero-order valence-electron chi connectivity index (χ0n) is 22.9. The van der Waals surface area contributed by atoms with Gasteiger partial charge in [0.2, 0.25) is 11.8 Å². The summed E-state index contributed by atoms with van der Waals surface area (Å²) in [6.45, 7) is 4.47. The van der Waals surface area contributed by atoms with Crippen LogP contribution in [0.5, 0.6) is 11.5 Å². The van der Waals surface area contributed by atoms with Crippen molar-refractivity contribution in [2.45, 2.75) is 19.9 Å². The van der Waals surface area contributed by atoms with E-state index in [1.165, 1.54) is 28.9 Å². The molecule has 0 saturated carbocycles. The fourth-order valence-electron chi connectivity index (χ4n) is 4.71. The summed E-state index contributed by atoms with van der Waals surface area (Å²) in [7, 11) is 1.24. The predicted octanol–water partition coefficient (Wildman–Crippen LogP) is 1.83. The number of amides is 2. The predicted molar refractivity (Wildman–Crippen MR) is 159 cm³/mol. The molecular weight excluding hydrogens is 580 g/mol. The van der Waals surface area contributed by atoms with Gasteiger partial charge in [0, 0.05) is 6.20 Å². The number of carbonyl (C=O) groups is 3. The van der Waals surface area contributed by atoms with Crippen LogP contribution in [-0.4, -0.2) is 47.8 Å². The normalized spacial score (nSPS) is 18.5. The van der Waals surface area contributed by atoms with Crippen LogP contribution < -0.4 is 34.6 Å². The van der Waals surface area contributed by atoms with Crippen LogP contribution in [0.3, 0.4) is 0 Å². The Balaban J connectivity index is 1.63. The maximum atomic E-state index is 13.9. The Morgan fingerprint density at radius 1 is 1.07 bits per heavy atom. The van der Waals surface area contributed by atoms with Crippen molar-refractivity contribution < 1.29 is 28.6 Å². The topological polar surface area (TPSA) is 129 Å². The van der Waals surface area contributed by atoms with Gasteiger partial charge in [-0.05, 0) is 62.0 Å². The first-order valence-corrected chi connectivity index (χ1v) is 14.2. The van der Waals surface area contributed by atoms with Crippen LogP contribution in [0.25, 0.3) is 6.08 Å². The standard InChI is InChI=1S/C29H26N4O7S2/c1-4-39-20-12-11-16(13-21(20)40-5-2)23-19(27(37)38-3)15-30-29-33(23)26(36)22(42-29)14-18-24(34)31-28(41)32(25(18)35)17-9-7-6-8-10-17/h6-15,18,23H,4-5H2,1-3H3,(H,31,34,41)/b22-14-/t18-,23+/m1/s1. The molecule has 2 aromatic carbocycles. The summed E-state index contributed by atoms with van der Waals surface area (Å²) in [5.41, 5.74) is 0.615. The van der Waals surface area contributed by atoms with Crippen molar-refractivity contribution in [1.82, 2.24) is 9.88 Å². The number of esters is 1. The quantitative estimate of drug-likeness (QED) is 0.234. The number of anilines is 1. The van der Waals surface area contributed by atoms with Gasteiger partial charge >= 0.3 is 5.97 Å². The van der Waals surface area contributed by atoms with Crippen molar-refractivity contribution in [1.29, 1.82) is 0 Å². The van der Waals surface area contributed by atoms with Crippen LogP contribution in [0.15, 0.2) is 70.1 Å². The number of aromatic nitrogens is 1. The molecule has 2 atom stereocenters. The number of hydrogen-bond acceptors (Lipinski definition) is 10. The van der Waals surface area contributed by atoms with Crippen molar-refractivity contribution in [3.63, 3.8) is 0 Å². The van der Waals surface area contributed by atoms with Gasteiger partial charge < -0.3 is 19.5 Å². The molecule has 2 amide bonds. The Hall–Kier alpha value is -4.62. The third kappa shape index (κ3) is 5.23. The minimum absolute atomic E-state index is 0.0503. The Bertz CT molecular complexity index is 1800. The van der Waals surface area contributed by atoms with Gasteiger partial charge in [-0.15, -0.1) is 0 Å².